The third-order valence-corrected chi connectivity index (χ3v) is 5.69. The van der Waals surface area contributed by atoms with Gasteiger partial charge in [-0.25, -0.2) is 4.79 Å². The maximum Gasteiger partial charge on any atom is 0.417 e. The molecule has 0 saturated heterocycles. The van der Waals surface area contributed by atoms with Gasteiger partial charge in [0, 0.05) is 24.5 Å². The number of carbonyl (C=O) groups is 1. The van der Waals surface area contributed by atoms with Gasteiger partial charge >= 0.3 is 6.09 Å². The number of hydrogen-bond donors (Lipinski definition) is 2. The number of nitrogens with one attached hydrogen (secondary N) is 1. The standard InChI is InChI=1S/C26H28N2O4/c1-17(2)19-5-7-21(8-6-19)27-26(30)32-22-9-10-23-20(15-22)12-13-28(23)16-18-4-11-24(29)25(14-18)31-3/h4-11,14-15,17,29H,12-13,16H2,1-3H3,(H,27,30). The Morgan fingerprint density at radius 2 is 1.88 bits per heavy atom. The first-order chi connectivity index (χ1) is 15.4. The predicted octanol–water partition coefficient (Wildman–Crippen LogP) is 5.70. The third-order valence-electron chi connectivity index (χ3n) is 5.69. The molecule has 4 rings (SSSR count). The van der Waals surface area contributed by atoms with E-state index in [1.165, 1.54) is 5.56 Å². The Kier molecular flexibility index (Phi) is 6.21. The van der Waals surface area contributed by atoms with Crippen LogP contribution in [0, 0.1) is 0 Å². The van der Waals surface area contributed by atoms with Crippen LogP contribution >= 0.6 is 0 Å². The summed E-state index contributed by atoms with van der Waals surface area (Å²) in [6.45, 7) is 5.84. The Morgan fingerprint density at radius 3 is 2.59 bits per heavy atom. The number of aromatic hydroxyl groups is 1. The van der Waals surface area contributed by atoms with E-state index >= 15 is 0 Å². The molecule has 3 aromatic carbocycles. The van der Waals surface area contributed by atoms with Gasteiger partial charge in [-0.15, -0.1) is 0 Å². The summed E-state index contributed by atoms with van der Waals surface area (Å²) in [5.74, 6) is 1.57. The van der Waals surface area contributed by atoms with Crippen LogP contribution in [0.2, 0.25) is 0 Å². The van der Waals surface area contributed by atoms with E-state index in [0.29, 0.717) is 29.6 Å². The maximum atomic E-state index is 12.3. The van der Waals surface area contributed by atoms with Gasteiger partial charge in [-0.1, -0.05) is 32.0 Å². The number of phenols is 1. The van der Waals surface area contributed by atoms with E-state index in [0.717, 1.165) is 29.8 Å². The van der Waals surface area contributed by atoms with Crippen molar-refractivity contribution in [3.8, 4) is 17.2 Å². The summed E-state index contributed by atoms with van der Waals surface area (Å²) in [5.41, 5.74) is 5.24. The highest BCUT2D eigenvalue weighted by atomic mass is 16.6. The van der Waals surface area contributed by atoms with E-state index in [-0.39, 0.29) is 5.75 Å². The van der Waals surface area contributed by atoms with Crippen LogP contribution in [0.15, 0.2) is 60.7 Å². The zero-order valence-corrected chi connectivity index (χ0v) is 18.6. The number of rotatable bonds is 6. The van der Waals surface area contributed by atoms with Crippen LogP contribution in [0.25, 0.3) is 0 Å². The quantitative estimate of drug-likeness (QED) is 0.523. The lowest BCUT2D eigenvalue weighted by Gasteiger charge is -2.20. The summed E-state index contributed by atoms with van der Waals surface area (Å²) >= 11 is 0. The smallest absolute Gasteiger partial charge is 0.417 e. The summed E-state index contributed by atoms with van der Waals surface area (Å²) in [7, 11) is 1.54. The number of benzene rings is 3. The fourth-order valence-electron chi connectivity index (χ4n) is 3.92. The first-order valence-corrected chi connectivity index (χ1v) is 10.8. The Balaban J connectivity index is 1.39. The molecular formula is C26H28N2O4. The maximum absolute atomic E-state index is 12.3. The molecule has 1 aliphatic heterocycles. The highest BCUT2D eigenvalue weighted by Crippen LogP contribution is 2.34. The number of ether oxygens (including phenoxy) is 2. The van der Waals surface area contributed by atoms with E-state index in [1.54, 1.807) is 13.2 Å². The molecule has 0 aliphatic carbocycles. The van der Waals surface area contributed by atoms with E-state index in [4.69, 9.17) is 9.47 Å². The van der Waals surface area contributed by atoms with E-state index in [9.17, 15) is 9.90 Å². The van der Waals surface area contributed by atoms with Gasteiger partial charge in [0.2, 0.25) is 0 Å². The van der Waals surface area contributed by atoms with Crippen molar-refractivity contribution in [3.05, 3.63) is 77.4 Å². The summed E-state index contributed by atoms with van der Waals surface area (Å²) in [6.07, 6.45) is 0.369. The molecule has 1 heterocycles. The lowest BCUT2D eigenvalue weighted by atomic mass is 10.0. The van der Waals surface area contributed by atoms with Crippen LogP contribution in [0.5, 0.6) is 17.2 Å². The molecule has 0 radical (unpaired) electrons. The van der Waals surface area contributed by atoms with E-state index < -0.39 is 6.09 Å². The largest absolute Gasteiger partial charge is 0.504 e. The average Bonchev–Trinajstić information content (AvgIpc) is 3.17. The van der Waals surface area contributed by atoms with Crippen molar-refractivity contribution in [2.75, 3.05) is 23.9 Å². The number of fused-ring (bicyclic) bond motifs is 1. The molecule has 0 spiro atoms. The topological polar surface area (TPSA) is 71.0 Å². The second-order valence-corrected chi connectivity index (χ2v) is 8.26. The minimum Gasteiger partial charge on any atom is -0.504 e. The molecule has 2 N–H and O–H groups in total. The lowest BCUT2D eigenvalue weighted by Crippen LogP contribution is -2.19. The third kappa shape index (κ3) is 4.80. The normalized spacial score (nSPS) is 12.6. The van der Waals surface area contributed by atoms with Crippen molar-refractivity contribution in [3.63, 3.8) is 0 Å². The summed E-state index contributed by atoms with van der Waals surface area (Å²) < 4.78 is 10.7. The molecule has 6 heteroatoms. The molecule has 32 heavy (non-hydrogen) atoms. The van der Waals surface area contributed by atoms with Crippen molar-refractivity contribution in [2.45, 2.75) is 32.7 Å². The number of carbonyl (C=O) groups excluding carboxylic acids is 1. The Hall–Kier alpha value is -3.67. The second-order valence-electron chi connectivity index (χ2n) is 8.26. The summed E-state index contributed by atoms with van der Waals surface area (Å²) in [6, 6.07) is 18.9. The van der Waals surface area contributed by atoms with Crippen LogP contribution in [-0.2, 0) is 13.0 Å². The van der Waals surface area contributed by atoms with Crippen molar-refractivity contribution < 1.29 is 19.4 Å². The minimum atomic E-state index is -0.506. The zero-order valence-electron chi connectivity index (χ0n) is 18.6. The van der Waals surface area contributed by atoms with Crippen LogP contribution in [0.4, 0.5) is 16.2 Å². The Morgan fingerprint density at radius 1 is 1.09 bits per heavy atom. The fourth-order valence-corrected chi connectivity index (χ4v) is 3.92. The highest BCUT2D eigenvalue weighted by molar-refractivity contribution is 5.86. The molecule has 0 unspecified atom stereocenters. The van der Waals surface area contributed by atoms with Gasteiger partial charge in [0.15, 0.2) is 11.5 Å². The van der Waals surface area contributed by atoms with E-state index in [2.05, 4.69) is 24.1 Å². The summed E-state index contributed by atoms with van der Waals surface area (Å²) in [4.78, 5) is 14.6. The number of anilines is 2. The van der Waals surface area contributed by atoms with Crippen LogP contribution in [0.3, 0.4) is 0 Å². The molecule has 0 saturated carbocycles. The molecule has 6 nitrogen and oxygen atoms in total. The van der Waals surface area contributed by atoms with Gasteiger partial charge in [0.1, 0.15) is 5.75 Å². The fraction of sp³-hybridized carbons (Fsp3) is 0.269. The van der Waals surface area contributed by atoms with Gasteiger partial charge in [-0.05, 0) is 71.5 Å². The van der Waals surface area contributed by atoms with Crippen LogP contribution in [0.1, 0.15) is 36.5 Å². The zero-order chi connectivity index (χ0) is 22.7. The predicted molar refractivity (Wildman–Crippen MR) is 126 cm³/mol. The van der Waals surface area contributed by atoms with Crippen LogP contribution < -0.4 is 19.7 Å². The molecule has 0 aromatic heterocycles. The van der Waals surface area contributed by atoms with Gasteiger partial charge in [-0.2, -0.15) is 0 Å². The molecule has 166 valence electrons. The number of phenolic OH excluding ortho intramolecular Hbond substituents is 1. The highest BCUT2D eigenvalue weighted by Gasteiger charge is 2.21. The van der Waals surface area contributed by atoms with Crippen molar-refractivity contribution in [2.24, 2.45) is 0 Å². The first-order valence-electron chi connectivity index (χ1n) is 10.8. The number of amides is 1. The molecular weight excluding hydrogens is 404 g/mol. The monoisotopic (exact) mass is 432 g/mol. The van der Waals surface area contributed by atoms with Gasteiger partial charge in [0.05, 0.1) is 7.11 Å². The van der Waals surface area contributed by atoms with Gasteiger partial charge in [0.25, 0.3) is 0 Å². The lowest BCUT2D eigenvalue weighted by molar-refractivity contribution is 0.215. The van der Waals surface area contributed by atoms with Crippen molar-refractivity contribution in [1.82, 2.24) is 0 Å². The summed E-state index contributed by atoms with van der Waals surface area (Å²) in [5, 5.41) is 12.6. The van der Waals surface area contributed by atoms with Crippen molar-refractivity contribution in [1.29, 1.82) is 0 Å². The molecule has 0 atom stereocenters. The van der Waals surface area contributed by atoms with Crippen LogP contribution in [-0.4, -0.2) is 24.9 Å². The SMILES string of the molecule is COc1cc(CN2CCc3cc(OC(=O)Nc4ccc(C(C)C)cc4)ccc32)ccc1O. The van der Waals surface area contributed by atoms with Gasteiger partial charge in [-0.3, -0.25) is 5.32 Å². The number of hydrogen-bond acceptors (Lipinski definition) is 5. The van der Waals surface area contributed by atoms with Gasteiger partial charge < -0.3 is 19.5 Å². The first kappa shape index (κ1) is 21.6. The molecule has 1 aliphatic rings. The molecule has 0 bridgehead atoms. The molecule has 3 aromatic rings. The van der Waals surface area contributed by atoms with Crippen molar-refractivity contribution >= 4 is 17.5 Å². The number of nitrogens with zero attached hydrogens (tertiary/aromatic N) is 1. The second kappa shape index (κ2) is 9.22. The minimum absolute atomic E-state index is 0.133. The molecule has 1 amide bonds. The Labute approximate surface area is 188 Å². The van der Waals surface area contributed by atoms with E-state index in [1.807, 2.05) is 54.6 Å². The Bertz CT molecular complexity index is 1110. The average molecular weight is 433 g/mol. The molecule has 0 fully saturated rings. The number of methoxy groups -OCH3 is 1.